The third-order valence-corrected chi connectivity index (χ3v) is 5.13. The van der Waals surface area contributed by atoms with E-state index in [0.29, 0.717) is 0 Å². The molecular formula is C21H31N3. The van der Waals surface area contributed by atoms with Crippen molar-refractivity contribution < 1.29 is 0 Å². The average molecular weight is 326 g/mol. The Morgan fingerprint density at radius 3 is 2.58 bits per heavy atom. The van der Waals surface area contributed by atoms with E-state index in [2.05, 4.69) is 60.0 Å². The largest absolute Gasteiger partial charge is 0.356 e. The van der Waals surface area contributed by atoms with Crippen LogP contribution in [0.4, 0.5) is 5.82 Å². The SMILES string of the molecule is CCCc1cc(N(C)Cc2ccccc2)n(CC2CCCCC2)n1. The minimum absolute atomic E-state index is 0.803. The number of rotatable bonds is 7. The summed E-state index contributed by atoms with van der Waals surface area (Å²) in [5.41, 5.74) is 2.59. The maximum absolute atomic E-state index is 4.93. The topological polar surface area (TPSA) is 21.1 Å². The molecule has 2 aromatic rings. The Balaban J connectivity index is 1.76. The fourth-order valence-corrected chi connectivity index (χ4v) is 3.83. The molecule has 0 amide bonds. The van der Waals surface area contributed by atoms with E-state index < -0.39 is 0 Å². The zero-order valence-electron chi connectivity index (χ0n) is 15.2. The van der Waals surface area contributed by atoms with Crippen molar-refractivity contribution in [3.63, 3.8) is 0 Å². The van der Waals surface area contributed by atoms with Crippen LogP contribution < -0.4 is 4.90 Å². The van der Waals surface area contributed by atoms with Crippen LogP contribution >= 0.6 is 0 Å². The summed E-state index contributed by atoms with van der Waals surface area (Å²) in [6, 6.07) is 13.0. The molecule has 3 rings (SSSR count). The molecule has 1 saturated carbocycles. The molecule has 1 fully saturated rings. The van der Waals surface area contributed by atoms with Gasteiger partial charge in [0.1, 0.15) is 5.82 Å². The van der Waals surface area contributed by atoms with Gasteiger partial charge in [-0.2, -0.15) is 5.10 Å². The lowest BCUT2D eigenvalue weighted by Crippen LogP contribution is -2.23. The van der Waals surface area contributed by atoms with Crippen LogP contribution in [0.5, 0.6) is 0 Å². The quantitative estimate of drug-likeness (QED) is 0.710. The van der Waals surface area contributed by atoms with E-state index >= 15 is 0 Å². The highest BCUT2D eigenvalue weighted by atomic mass is 15.4. The standard InChI is InChI=1S/C21H31N3/c1-3-10-20-15-21(23(2)16-18-11-6-4-7-12-18)24(22-20)17-19-13-8-5-9-14-19/h4,6-7,11-12,15,19H,3,5,8-10,13-14,16-17H2,1-2H3. The maximum atomic E-state index is 4.93. The molecule has 0 saturated heterocycles. The Bertz CT molecular complexity index is 611. The molecule has 1 heterocycles. The fourth-order valence-electron chi connectivity index (χ4n) is 3.83. The van der Waals surface area contributed by atoms with Crippen molar-refractivity contribution in [2.75, 3.05) is 11.9 Å². The molecule has 0 aliphatic heterocycles. The van der Waals surface area contributed by atoms with Gasteiger partial charge in [-0.1, -0.05) is 62.9 Å². The lowest BCUT2D eigenvalue weighted by Gasteiger charge is -2.25. The first-order chi connectivity index (χ1) is 11.8. The highest BCUT2D eigenvalue weighted by Gasteiger charge is 2.18. The minimum atomic E-state index is 0.803. The van der Waals surface area contributed by atoms with Gasteiger partial charge in [0.2, 0.25) is 0 Å². The van der Waals surface area contributed by atoms with Gasteiger partial charge in [-0.15, -0.1) is 0 Å². The molecule has 3 heteroatoms. The zero-order valence-corrected chi connectivity index (χ0v) is 15.2. The second-order valence-corrected chi connectivity index (χ2v) is 7.27. The number of aromatic nitrogens is 2. The number of nitrogens with zero attached hydrogens (tertiary/aromatic N) is 3. The van der Waals surface area contributed by atoms with Gasteiger partial charge >= 0.3 is 0 Å². The van der Waals surface area contributed by atoms with Crippen LogP contribution in [-0.4, -0.2) is 16.8 Å². The van der Waals surface area contributed by atoms with Crippen LogP contribution in [0.3, 0.4) is 0 Å². The number of benzene rings is 1. The van der Waals surface area contributed by atoms with E-state index in [1.165, 1.54) is 49.2 Å². The lowest BCUT2D eigenvalue weighted by atomic mass is 9.89. The van der Waals surface area contributed by atoms with Gasteiger partial charge in [0.05, 0.1) is 5.69 Å². The fraction of sp³-hybridized carbons (Fsp3) is 0.571. The first-order valence-corrected chi connectivity index (χ1v) is 9.58. The van der Waals surface area contributed by atoms with Crippen molar-refractivity contribution in [2.45, 2.75) is 65.0 Å². The minimum Gasteiger partial charge on any atom is -0.356 e. The molecule has 1 aliphatic rings. The van der Waals surface area contributed by atoms with Gasteiger partial charge in [-0.05, 0) is 30.7 Å². The van der Waals surface area contributed by atoms with E-state index in [1.54, 1.807) is 0 Å². The Morgan fingerprint density at radius 2 is 1.88 bits per heavy atom. The molecule has 0 radical (unpaired) electrons. The number of anilines is 1. The van der Waals surface area contributed by atoms with Crippen molar-refractivity contribution >= 4 is 5.82 Å². The van der Waals surface area contributed by atoms with E-state index in [-0.39, 0.29) is 0 Å². The monoisotopic (exact) mass is 325 g/mol. The van der Waals surface area contributed by atoms with Crippen LogP contribution in [0.25, 0.3) is 0 Å². The predicted octanol–water partition coefficient (Wildman–Crippen LogP) is 5.05. The molecule has 130 valence electrons. The number of hydrogen-bond donors (Lipinski definition) is 0. The van der Waals surface area contributed by atoms with Crippen molar-refractivity contribution in [3.05, 3.63) is 47.7 Å². The van der Waals surface area contributed by atoms with Gasteiger partial charge < -0.3 is 4.90 Å². The van der Waals surface area contributed by atoms with Crippen LogP contribution in [0.1, 0.15) is 56.7 Å². The van der Waals surface area contributed by atoms with Crippen molar-refractivity contribution in [1.29, 1.82) is 0 Å². The molecule has 1 aliphatic carbocycles. The smallest absolute Gasteiger partial charge is 0.127 e. The summed E-state index contributed by atoms with van der Waals surface area (Å²) >= 11 is 0. The summed E-state index contributed by atoms with van der Waals surface area (Å²) in [6.45, 7) is 4.24. The van der Waals surface area contributed by atoms with E-state index in [9.17, 15) is 0 Å². The van der Waals surface area contributed by atoms with Gasteiger partial charge in [0.15, 0.2) is 0 Å². The number of aryl methyl sites for hydroxylation is 1. The third-order valence-electron chi connectivity index (χ3n) is 5.13. The normalized spacial score (nSPS) is 15.6. The summed E-state index contributed by atoms with van der Waals surface area (Å²) in [5, 5.41) is 4.93. The molecule has 0 atom stereocenters. The Kier molecular flexibility index (Phi) is 5.95. The summed E-state index contributed by atoms with van der Waals surface area (Å²) < 4.78 is 2.28. The maximum Gasteiger partial charge on any atom is 0.127 e. The van der Waals surface area contributed by atoms with Crippen molar-refractivity contribution in [2.24, 2.45) is 5.92 Å². The van der Waals surface area contributed by atoms with Crippen LogP contribution in [0, 0.1) is 5.92 Å². The highest BCUT2D eigenvalue weighted by molar-refractivity contribution is 5.41. The third kappa shape index (κ3) is 4.40. The second-order valence-electron chi connectivity index (χ2n) is 7.27. The molecule has 0 N–H and O–H groups in total. The Morgan fingerprint density at radius 1 is 1.12 bits per heavy atom. The molecule has 1 aromatic carbocycles. The van der Waals surface area contributed by atoms with Crippen molar-refractivity contribution in [3.8, 4) is 0 Å². The molecule has 0 unspecified atom stereocenters. The van der Waals surface area contributed by atoms with Crippen LogP contribution in [0.2, 0.25) is 0 Å². The summed E-state index contributed by atoms with van der Waals surface area (Å²) in [6.07, 6.45) is 9.16. The van der Waals surface area contributed by atoms with E-state index in [4.69, 9.17) is 5.10 Å². The van der Waals surface area contributed by atoms with Crippen molar-refractivity contribution in [1.82, 2.24) is 9.78 Å². The molecule has 0 spiro atoms. The second kappa shape index (κ2) is 8.36. The summed E-state index contributed by atoms with van der Waals surface area (Å²) in [7, 11) is 2.19. The van der Waals surface area contributed by atoms with Crippen LogP contribution in [-0.2, 0) is 19.5 Å². The van der Waals surface area contributed by atoms with Gasteiger partial charge in [-0.3, -0.25) is 0 Å². The van der Waals surface area contributed by atoms with E-state index in [1.807, 2.05) is 0 Å². The first-order valence-electron chi connectivity index (χ1n) is 9.58. The number of hydrogen-bond acceptors (Lipinski definition) is 2. The lowest BCUT2D eigenvalue weighted by molar-refractivity contribution is 0.308. The van der Waals surface area contributed by atoms with Crippen LogP contribution in [0.15, 0.2) is 36.4 Å². The predicted molar refractivity (Wildman–Crippen MR) is 101 cm³/mol. The molecular weight excluding hydrogens is 294 g/mol. The molecule has 1 aromatic heterocycles. The molecule has 0 bridgehead atoms. The van der Waals surface area contributed by atoms with Gasteiger partial charge in [0, 0.05) is 26.2 Å². The Hall–Kier alpha value is -1.77. The van der Waals surface area contributed by atoms with Gasteiger partial charge in [-0.25, -0.2) is 4.68 Å². The Labute approximate surface area is 146 Å². The first kappa shape index (κ1) is 17.1. The van der Waals surface area contributed by atoms with Gasteiger partial charge in [0.25, 0.3) is 0 Å². The summed E-state index contributed by atoms with van der Waals surface area (Å²) in [4.78, 5) is 2.35. The molecule has 3 nitrogen and oxygen atoms in total. The zero-order chi connectivity index (χ0) is 16.8. The molecule has 24 heavy (non-hydrogen) atoms. The average Bonchev–Trinajstić information content (AvgIpc) is 3.00. The summed E-state index contributed by atoms with van der Waals surface area (Å²) in [5.74, 6) is 2.07. The highest BCUT2D eigenvalue weighted by Crippen LogP contribution is 2.27. The van der Waals surface area contributed by atoms with E-state index in [0.717, 1.165) is 31.8 Å².